The second-order valence-corrected chi connectivity index (χ2v) is 6.63. The summed E-state index contributed by atoms with van der Waals surface area (Å²) >= 11 is 7.03. The van der Waals surface area contributed by atoms with E-state index in [1.807, 2.05) is 25.1 Å². The third-order valence-electron chi connectivity index (χ3n) is 3.19. The number of benzene rings is 2. The summed E-state index contributed by atoms with van der Waals surface area (Å²) in [5, 5.41) is 3.40. The Morgan fingerprint density at radius 2 is 1.86 bits per heavy atom. The van der Waals surface area contributed by atoms with Crippen LogP contribution in [-0.2, 0) is 13.0 Å². The third-order valence-corrected chi connectivity index (χ3v) is 4.24. The van der Waals surface area contributed by atoms with Gasteiger partial charge < -0.3 is 10.1 Å². The molecule has 2 nitrogen and oxygen atoms in total. The molecule has 0 atom stereocenters. The van der Waals surface area contributed by atoms with Crippen LogP contribution in [0.3, 0.4) is 0 Å². The molecule has 1 N–H and O–H groups in total. The summed E-state index contributed by atoms with van der Waals surface area (Å²) in [5.41, 5.74) is 2.22. The molecule has 0 spiro atoms. The van der Waals surface area contributed by atoms with Crippen molar-refractivity contribution in [1.29, 1.82) is 0 Å². The molecule has 0 aromatic heterocycles. The largest absolute Gasteiger partial charge is 0.492 e. The Morgan fingerprint density at radius 3 is 2.55 bits per heavy atom. The molecule has 0 bridgehead atoms. The maximum atomic E-state index is 12.9. The van der Waals surface area contributed by atoms with Crippen molar-refractivity contribution in [2.75, 3.05) is 13.2 Å². The summed E-state index contributed by atoms with van der Waals surface area (Å²) in [6.45, 7) is 4.14. The number of rotatable bonds is 7. The van der Waals surface area contributed by atoms with Gasteiger partial charge in [-0.1, -0.05) is 28.1 Å². The van der Waals surface area contributed by atoms with Gasteiger partial charge in [0.1, 0.15) is 11.6 Å². The topological polar surface area (TPSA) is 21.3 Å². The Morgan fingerprint density at radius 1 is 1.14 bits per heavy atom. The minimum absolute atomic E-state index is 0.197. The monoisotopic (exact) mass is 429 g/mol. The first kappa shape index (κ1) is 17.4. The van der Waals surface area contributed by atoms with Crippen LogP contribution in [0, 0.1) is 5.82 Å². The van der Waals surface area contributed by atoms with Crippen LogP contribution in [-0.4, -0.2) is 13.2 Å². The van der Waals surface area contributed by atoms with Gasteiger partial charge in [0.2, 0.25) is 0 Å². The molecule has 0 saturated carbocycles. The lowest BCUT2D eigenvalue weighted by Crippen LogP contribution is -2.17. The number of ether oxygens (including phenoxy) is 1. The van der Waals surface area contributed by atoms with E-state index in [-0.39, 0.29) is 5.82 Å². The van der Waals surface area contributed by atoms with Gasteiger partial charge in [0.05, 0.1) is 11.1 Å². The number of hydrogen-bond donors (Lipinski definition) is 1. The summed E-state index contributed by atoms with van der Waals surface area (Å²) in [6.07, 6.45) is 0.861. The van der Waals surface area contributed by atoms with Gasteiger partial charge >= 0.3 is 0 Å². The van der Waals surface area contributed by atoms with Crippen molar-refractivity contribution in [1.82, 2.24) is 5.32 Å². The number of halogens is 3. The van der Waals surface area contributed by atoms with E-state index in [9.17, 15) is 4.39 Å². The minimum atomic E-state index is -0.197. The summed E-state index contributed by atoms with van der Waals surface area (Å²) in [5.74, 6) is 0.678. The molecule has 0 saturated heterocycles. The van der Waals surface area contributed by atoms with Crippen molar-refractivity contribution >= 4 is 31.9 Å². The third kappa shape index (κ3) is 5.07. The molecule has 0 aliphatic rings. The maximum Gasteiger partial charge on any atom is 0.138 e. The first-order valence-corrected chi connectivity index (χ1v) is 8.74. The molecule has 0 heterocycles. The van der Waals surface area contributed by atoms with Crippen molar-refractivity contribution < 1.29 is 9.13 Å². The molecule has 5 heteroatoms. The average molecular weight is 431 g/mol. The first-order valence-electron chi connectivity index (χ1n) is 7.16. The van der Waals surface area contributed by atoms with Gasteiger partial charge in [-0.25, -0.2) is 4.39 Å². The summed E-state index contributed by atoms with van der Waals surface area (Å²) in [7, 11) is 0. The van der Waals surface area contributed by atoms with Crippen LogP contribution in [0.25, 0.3) is 0 Å². The predicted octanol–water partition coefficient (Wildman–Crippen LogP) is 5.08. The quantitative estimate of drug-likeness (QED) is 0.618. The number of nitrogens with one attached hydrogen (secondary N) is 1. The molecule has 22 heavy (non-hydrogen) atoms. The van der Waals surface area contributed by atoms with Gasteiger partial charge in [-0.3, -0.25) is 0 Å². The lowest BCUT2D eigenvalue weighted by atomic mass is 10.1. The molecule has 0 radical (unpaired) electrons. The fourth-order valence-electron chi connectivity index (χ4n) is 2.16. The average Bonchev–Trinajstić information content (AvgIpc) is 2.48. The van der Waals surface area contributed by atoms with Gasteiger partial charge in [0, 0.05) is 16.6 Å². The first-order chi connectivity index (χ1) is 10.6. The summed E-state index contributed by atoms with van der Waals surface area (Å²) in [4.78, 5) is 0. The Hall–Kier alpha value is -0.910. The molecule has 2 aromatic rings. The molecular formula is C17H18Br2FNO. The maximum absolute atomic E-state index is 12.9. The van der Waals surface area contributed by atoms with E-state index in [0.717, 1.165) is 38.8 Å². The molecule has 0 aliphatic heterocycles. The zero-order valence-electron chi connectivity index (χ0n) is 12.3. The lowest BCUT2D eigenvalue weighted by molar-refractivity contribution is 0.333. The van der Waals surface area contributed by atoms with Crippen LogP contribution >= 0.6 is 31.9 Å². The number of hydrogen-bond acceptors (Lipinski definition) is 2. The van der Waals surface area contributed by atoms with E-state index >= 15 is 0 Å². The fraction of sp³-hybridized carbons (Fsp3) is 0.294. The van der Waals surface area contributed by atoms with Gasteiger partial charge in [-0.15, -0.1) is 0 Å². The molecule has 118 valence electrons. The second kappa shape index (κ2) is 8.65. The van der Waals surface area contributed by atoms with Crippen molar-refractivity contribution in [2.45, 2.75) is 19.9 Å². The van der Waals surface area contributed by atoms with Gasteiger partial charge in [0.15, 0.2) is 0 Å². The standard InChI is InChI=1S/C17H18Br2FNO/c1-2-22-17-13(9-14(18)10-16(17)19)11-21-8-7-12-3-5-15(20)6-4-12/h3-6,9-10,21H,2,7-8,11H2,1H3. The Balaban J connectivity index is 1.92. The zero-order chi connectivity index (χ0) is 15.9. The van der Waals surface area contributed by atoms with Crippen LogP contribution in [0.15, 0.2) is 45.3 Å². The Labute approximate surface area is 147 Å². The van der Waals surface area contributed by atoms with Gasteiger partial charge in [-0.05, 0) is 65.6 Å². The highest BCUT2D eigenvalue weighted by atomic mass is 79.9. The highest BCUT2D eigenvalue weighted by molar-refractivity contribution is 9.11. The molecule has 2 rings (SSSR count). The Kier molecular flexibility index (Phi) is 6.86. The van der Waals surface area contributed by atoms with E-state index in [1.165, 1.54) is 12.1 Å². The predicted molar refractivity (Wildman–Crippen MR) is 94.8 cm³/mol. The van der Waals surface area contributed by atoms with Crippen LogP contribution in [0.5, 0.6) is 5.75 Å². The van der Waals surface area contributed by atoms with Crippen LogP contribution < -0.4 is 10.1 Å². The second-order valence-electron chi connectivity index (χ2n) is 4.86. The molecule has 0 amide bonds. The van der Waals surface area contributed by atoms with Crippen molar-refractivity contribution in [3.63, 3.8) is 0 Å². The van der Waals surface area contributed by atoms with E-state index in [1.54, 1.807) is 0 Å². The highest BCUT2D eigenvalue weighted by Gasteiger charge is 2.09. The van der Waals surface area contributed by atoms with Crippen LogP contribution in [0.1, 0.15) is 18.1 Å². The Bertz CT molecular complexity index is 617. The molecular weight excluding hydrogens is 413 g/mol. The molecule has 0 aliphatic carbocycles. The van der Waals surface area contributed by atoms with E-state index in [4.69, 9.17) is 4.74 Å². The molecule has 0 fully saturated rings. The fourth-order valence-corrected chi connectivity index (χ4v) is 3.59. The highest BCUT2D eigenvalue weighted by Crippen LogP contribution is 2.32. The molecule has 2 aromatic carbocycles. The van der Waals surface area contributed by atoms with Crippen LogP contribution in [0.2, 0.25) is 0 Å². The zero-order valence-corrected chi connectivity index (χ0v) is 15.5. The molecule has 0 unspecified atom stereocenters. The summed E-state index contributed by atoms with van der Waals surface area (Å²) < 4.78 is 20.5. The van der Waals surface area contributed by atoms with E-state index in [2.05, 4.69) is 43.2 Å². The lowest BCUT2D eigenvalue weighted by Gasteiger charge is -2.14. The van der Waals surface area contributed by atoms with Crippen molar-refractivity contribution in [3.05, 3.63) is 62.3 Å². The van der Waals surface area contributed by atoms with Gasteiger partial charge in [-0.2, -0.15) is 0 Å². The van der Waals surface area contributed by atoms with Gasteiger partial charge in [0.25, 0.3) is 0 Å². The van der Waals surface area contributed by atoms with Crippen molar-refractivity contribution in [2.24, 2.45) is 0 Å². The normalized spacial score (nSPS) is 10.7. The summed E-state index contributed by atoms with van der Waals surface area (Å²) in [6, 6.07) is 10.7. The smallest absolute Gasteiger partial charge is 0.138 e. The SMILES string of the molecule is CCOc1c(Br)cc(Br)cc1CNCCc1ccc(F)cc1. The van der Waals surface area contributed by atoms with Crippen molar-refractivity contribution in [3.8, 4) is 5.75 Å². The van der Waals surface area contributed by atoms with E-state index < -0.39 is 0 Å². The minimum Gasteiger partial charge on any atom is -0.492 e. The van der Waals surface area contributed by atoms with E-state index in [0.29, 0.717) is 13.2 Å². The van der Waals surface area contributed by atoms with Crippen LogP contribution in [0.4, 0.5) is 4.39 Å².